The van der Waals surface area contributed by atoms with Crippen molar-refractivity contribution in [3.63, 3.8) is 0 Å². The van der Waals surface area contributed by atoms with Crippen molar-refractivity contribution in [2.75, 3.05) is 18.8 Å². The van der Waals surface area contributed by atoms with Gasteiger partial charge in [0.2, 0.25) is 0 Å². The lowest BCUT2D eigenvalue weighted by molar-refractivity contribution is 0.287. The van der Waals surface area contributed by atoms with E-state index >= 15 is 0 Å². The summed E-state index contributed by atoms with van der Waals surface area (Å²) < 4.78 is 15.1. The van der Waals surface area contributed by atoms with Crippen LogP contribution in [0.5, 0.6) is 0 Å². The summed E-state index contributed by atoms with van der Waals surface area (Å²) in [6.07, 6.45) is 2.49. The SMILES string of the molecule is CCN1CCCC1CSc1nnc(CN)n1-c1ccc(F)cc1.Cl.Cl. The van der Waals surface area contributed by atoms with E-state index < -0.39 is 0 Å². The van der Waals surface area contributed by atoms with Gasteiger partial charge in [0.1, 0.15) is 5.82 Å². The molecule has 1 unspecified atom stereocenters. The molecule has 1 aromatic heterocycles. The Kier molecular flexibility index (Phi) is 9.16. The minimum absolute atomic E-state index is 0. The first kappa shape index (κ1) is 22.2. The molecule has 5 nitrogen and oxygen atoms in total. The van der Waals surface area contributed by atoms with Crippen LogP contribution >= 0.6 is 36.6 Å². The van der Waals surface area contributed by atoms with Gasteiger partial charge in [-0.2, -0.15) is 0 Å². The van der Waals surface area contributed by atoms with E-state index in [4.69, 9.17) is 5.73 Å². The molecule has 0 radical (unpaired) electrons. The summed E-state index contributed by atoms with van der Waals surface area (Å²) in [5, 5.41) is 9.28. The van der Waals surface area contributed by atoms with Crippen LogP contribution in [-0.2, 0) is 6.54 Å². The molecular weight excluding hydrogens is 384 g/mol. The molecule has 0 aliphatic carbocycles. The first-order valence-electron chi connectivity index (χ1n) is 8.00. The Hall–Kier alpha value is -0.860. The van der Waals surface area contributed by atoms with Crippen LogP contribution in [0.15, 0.2) is 29.4 Å². The molecule has 3 rings (SSSR count). The molecule has 1 saturated heterocycles. The summed E-state index contributed by atoms with van der Waals surface area (Å²) in [6, 6.07) is 6.94. The molecule has 140 valence electrons. The lowest BCUT2D eigenvalue weighted by atomic mass is 10.2. The molecule has 0 amide bonds. The Morgan fingerprint density at radius 3 is 2.60 bits per heavy atom. The van der Waals surface area contributed by atoms with Gasteiger partial charge in [0.15, 0.2) is 11.0 Å². The molecule has 1 atom stereocenters. The van der Waals surface area contributed by atoms with E-state index in [1.54, 1.807) is 23.9 Å². The number of nitrogens with zero attached hydrogens (tertiary/aromatic N) is 4. The Labute approximate surface area is 164 Å². The summed E-state index contributed by atoms with van der Waals surface area (Å²) in [7, 11) is 0. The number of thioether (sulfide) groups is 1. The van der Waals surface area contributed by atoms with Gasteiger partial charge in [-0.25, -0.2) is 4.39 Å². The molecule has 2 heterocycles. The average Bonchev–Trinajstić information content (AvgIpc) is 3.19. The Morgan fingerprint density at radius 2 is 1.96 bits per heavy atom. The Bertz CT molecular complexity index is 652. The van der Waals surface area contributed by atoms with Gasteiger partial charge in [0, 0.05) is 17.5 Å². The second-order valence-electron chi connectivity index (χ2n) is 5.65. The molecule has 0 saturated carbocycles. The maximum absolute atomic E-state index is 13.2. The van der Waals surface area contributed by atoms with Crippen molar-refractivity contribution >= 4 is 36.6 Å². The van der Waals surface area contributed by atoms with Gasteiger partial charge in [-0.15, -0.1) is 35.0 Å². The van der Waals surface area contributed by atoms with E-state index in [1.807, 2.05) is 4.57 Å². The van der Waals surface area contributed by atoms with Crippen molar-refractivity contribution < 1.29 is 4.39 Å². The second kappa shape index (κ2) is 10.3. The third kappa shape index (κ3) is 5.08. The van der Waals surface area contributed by atoms with Crippen LogP contribution in [0.2, 0.25) is 0 Å². The Morgan fingerprint density at radius 1 is 1.24 bits per heavy atom. The monoisotopic (exact) mass is 407 g/mol. The smallest absolute Gasteiger partial charge is 0.195 e. The van der Waals surface area contributed by atoms with Crippen molar-refractivity contribution in [3.05, 3.63) is 35.9 Å². The summed E-state index contributed by atoms with van der Waals surface area (Å²) in [5.41, 5.74) is 6.62. The first-order valence-corrected chi connectivity index (χ1v) is 8.98. The van der Waals surface area contributed by atoms with Crippen LogP contribution in [0.25, 0.3) is 5.69 Å². The lowest BCUT2D eigenvalue weighted by Crippen LogP contribution is -2.31. The van der Waals surface area contributed by atoms with Crippen LogP contribution in [0, 0.1) is 5.82 Å². The number of aromatic nitrogens is 3. The summed E-state index contributed by atoms with van der Waals surface area (Å²) in [6.45, 7) is 4.77. The molecule has 9 heteroatoms. The third-order valence-corrected chi connectivity index (χ3v) is 5.35. The zero-order valence-electron chi connectivity index (χ0n) is 14.1. The number of likely N-dealkylation sites (tertiary alicyclic amines) is 1. The van der Waals surface area contributed by atoms with E-state index in [1.165, 1.54) is 31.5 Å². The van der Waals surface area contributed by atoms with Gasteiger partial charge in [0.05, 0.1) is 6.54 Å². The van der Waals surface area contributed by atoms with Crippen molar-refractivity contribution in [3.8, 4) is 5.69 Å². The van der Waals surface area contributed by atoms with Crippen LogP contribution in [0.3, 0.4) is 0 Å². The highest BCUT2D eigenvalue weighted by Crippen LogP contribution is 2.27. The third-order valence-electron chi connectivity index (χ3n) is 4.28. The van der Waals surface area contributed by atoms with Gasteiger partial charge in [-0.3, -0.25) is 9.47 Å². The standard InChI is InChI=1S/C16H22FN5S.2ClH/c1-2-21-9-3-4-14(21)11-23-16-20-19-15(10-18)22(16)13-7-5-12(17)6-8-13;;/h5-8,14H,2-4,9-11,18H2,1H3;2*1H. The number of benzene rings is 1. The van der Waals surface area contributed by atoms with Crippen molar-refractivity contribution in [1.82, 2.24) is 19.7 Å². The molecular formula is C16H24Cl2FN5S. The average molecular weight is 408 g/mol. The highest BCUT2D eigenvalue weighted by Gasteiger charge is 2.24. The van der Waals surface area contributed by atoms with Crippen LogP contribution in [0.1, 0.15) is 25.6 Å². The zero-order chi connectivity index (χ0) is 16.2. The molecule has 2 aromatic rings. The fraction of sp³-hybridized carbons (Fsp3) is 0.500. The predicted molar refractivity (Wildman–Crippen MR) is 105 cm³/mol. The van der Waals surface area contributed by atoms with E-state index in [0.717, 1.165) is 23.1 Å². The molecule has 1 fully saturated rings. The van der Waals surface area contributed by atoms with Crippen molar-refractivity contribution in [2.45, 2.75) is 37.5 Å². The molecule has 1 aliphatic rings. The molecule has 0 bridgehead atoms. The van der Waals surface area contributed by atoms with E-state index in [2.05, 4.69) is 22.0 Å². The molecule has 25 heavy (non-hydrogen) atoms. The number of halogens is 3. The van der Waals surface area contributed by atoms with Crippen molar-refractivity contribution in [2.24, 2.45) is 5.73 Å². The topological polar surface area (TPSA) is 60.0 Å². The van der Waals surface area contributed by atoms with Crippen LogP contribution in [-0.4, -0.2) is 44.5 Å². The fourth-order valence-corrected chi connectivity index (χ4v) is 4.20. The molecule has 1 aliphatic heterocycles. The fourth-order valence-electron chi connectivity index (χ4n) is 3.05. The summed E-state index contributed by atoms with van der Waals surface area (Å²) in [4.78, 5) is 2.51. The van der Waals surface area contributed by atoms with Crippen LogP contribution in [0.4, 0.5) is 4.39 Å². The highest BCUT2D eigenvalue weighted by atomic mass is 35.5. The minimum atomic E-state index is -0.255. The van der Waals surface area contributed by atoms with Gasteiger partial charge < -0.3 is 5.73 Å². The Balaban J connectivity index is 0.00000156. The summed E-state index contributed by atoms with van der Waals surface area (Å²) in [5.74, 6) is 1.42. The minimum Gasteiger partial charge on any atom is -0.324 e. The maximum Gasteiger partial charge on any atom is 0.195 e. The van der Waals surface area contributed by atoms with Crippen LogP contribution < -0.4 is 5.73 Å². The first-order chi connectivity index (χ1) is 11.2. The van der Waals surface area contributed by atoms with Crippen molar-refractivity contribution in [1.29, 1.82) is 0 Å². The van der Waals surface area contributed by atoms with E-state index in [0.29, 0.717) is 18.4 Å². The van der Waals surface area contributed by atoms with E-state index in [-0.39, 0.29) is 30.6 Å². The predicted octanol–water partition coefficient (Wildman–Crippen LogP) is 3.29. The number of hydrogen-bond acceptors (Lipinski definition) is 5. The number of hydrogen-bond donors (Lipinski definition) is 1. The lowest BCUT2D eigenvalue weighted by Gasteiger charge is -2.22. The summed E-state index contributed by atoms with van der Waals surface area (Å²) >= 11 is 1.70. The van der Waals surface area contributed by atoms with E-state index in [9.17, 15) is 4.39 Å². The molecule has 1 aromatic carbocycles. The zero-order valence-corrected chi connectivity index (χ0v) is 16.5. The highest BCUT2D eigenvalue weighted by molar-refractivity contribution is 7.99. The number of rotatable bonds is 6. The van der Waals surface area contributed by atoms with Gasteiger partial charge in [-0.05, 0) is 50.2 Å². The van der Waals surface area contributed by atoms with Gasteiger partial charge in [-0.1, -0.05) is 18.7 Å². The van der Waals surface area contributed by atoms with Gasteiger partial charge >= 0.3 is 0 Å². The van der Waals surface area contributed by atoms with Gasteiger partial charge in [0.25, 0.3) is 0 Å². The largest absolute Gasteiger partial charge is 0.324 e. The molecule has 2 N–H and O–H groups in total. The number of nitrogens with two attached hydrogens (primary N) is 1. The quantitative estimate of drug-likeness (QED) is 0.744. The normalized spacial score (nSPS) is 17.2. The second-order valence-corrected chi connectivity index (χ2v) is 6.64. The maximum atomic E-state index is 13.2. The molecule has 0 spiro atoms.